The number of para-hydroxylation sites is 2. The second kappa shape index (κ2) is 5.41. The minimum atomic E-state index is -0.439. The fourth-order valence-electron chi connectivity index (χ4n) is 2.27. The number of benzene rings is 2. The van der Waals surface area contributed by atoms with E-state index in [2.05, 4.69) is 20.9 Å². The second-order valence-corrected chi connectivity index (χ2v) is 5.66. The van der Waals surface area contributed by atoms with Gasteiger partial charge in [-0.2, -0.15) is 0 Å². The number of aromatic nitrogens is 2. The smallest absolute Gasteiger partial charge is 0.170 e. The quantitative estimate of drug-likeness (QED) is 0.674. The molecule has 1 heterocycles. The Bertz CT molecular complexity index is 841. The number of halogens is 2. The highest BCUT2D eigenvalue weighted by Gasteiger charge is 2.14. The molecule has 3 nitrogen and oxygen atoms in total. The van der Waals surface area contributed by atoms with E-state index in [1.54, 1.807) is 6.07 Å². The molecule has 0 unspecified atom stereocenters. The van der Waals surface area contributed by atoms with Crippen molar-refractivity contribution < 1.29 is 9.18 Å². The molecule has 0 N–H and O–H groups in total. The molecule has 0 bridgehead atoms. The molecule has 1 aromatic heterocycles. The van der Waals surface area contributed by atoms with Gasteiger partial charge in [0.1, 0.15) is 11.6 Å². The van der Waals surface area contributed by atoms with Crippen LogP contribution in [0.2, 0.25) is 0 Å². The highest BCUT2D eigenvalue weighted by atomic mass is 79.9. The lowest BCUT2D eigenvalue weighted by Gasteiger charge is -2.03. The number of ketones is 1. The molecule has 0 spiro atoms. The lowest BCUT2D eigenvalue weighted by Crippen LogP contribution is -2.08. The van der Waals surface area contributed by atoms with Crippen molar-refractivity contribution in [1.29, 1.82) is 0 Å². The van der Waals surface area contributed by atoms with Crippen molar-refractivity contribution in [3.05, 3.63) is 64.1 Å². The summed E-state index contributed by atoms with van der Waals surface area (Å²) in [5, 5.41) is 0. The first-order valence-electron chi connectivity index (χ1n) is 6.45. The molecule has 0 aliphatic carbocycles. The van der Waals surface area contributed by atoms with Crippen molar-refractivity contribution in [2.75, 3.05) is 0 Å². The van der Waals surface area contributed by atoms with Crippen molar-refractivity contribution >= 4 is 32.7 Å². The predicted octanol–water partition coefficient (Wildman–Crippen LogP) is 3.90. The van der Waals surface area contributed by atoms with Gasteiger partial charge in [0.25, 0.3) is 0 Å². The Morgan fingerprint density at radius 2 is 2.05 bits per heavy atom. The average molecular weight is 347 g/mol. The number of fused-ring (bicyclic) bond motifs is 1. The summed E-state index contributed by atoms with van der Waals surface area (Å²) in [6.07, 6.45) is 0.145. The molecule has 0 saturated heterocycles. The molecule has 21 heavy (non-hydrogen) atoms. The monoisotopic (exact) mass is 346 g/mol. The molecule has 0 saturated carbocycles. The third-order valence-electron chi connectivity index (χ3n) is 3.44. The molecule has 3 rings (SSSR count). The van der Waals surface area contributed by atoms with Crippen molar-refractivity contribution in [2.45, 2.75) is 6.42 Å². The van der Waals surface area contributed by atoms with E-state index >= 15 is 0 Å². The first kappa shape index (κ1) is 13.9. The van der Waals surface area contributed by atoms with E-state index in [9.17, 15) is 9.18 Å². The zero-order chi connectivity index (χ0) is 15.0. The molecule has 0 aliphatic heterocycles. The molecular weight excluding hydrogens is 335 g/mol. The fraction of sp³-hybridized carbons (Fsp3) is 0.125. The van der Waals surface area contributed by atoms with E-state index < -0.39 is 5.82 Å². The summed E-state index contributed by atoms with van der Waals surface area (Å²) in [6.45, 7) is 0. The van der Waals surface area contributed by atoms with Gasteiger partial charge in [-0.1, -0.05) is 18.2 Å². The number of hydrogen-bond donors (Lipinski definition) is 0. The SMILES string of the molecule is Cn1c(CC(=O)c2ccc(Br)c(F)c2)nc2ccccc21. The fourth-order valence-corrected chi connectivity index (χ4v) is 2.52. The summed E-state index contributed by atoms with van der Waals surface area (Å²) in [5.74, 6) is 0.0789. The van der Waals surface area contributed by atoms with Crippen molar-refractivity contribution in [3.63, 3.8) is 0 Å². The number of rotatable bonds is 3. The molecule has 0 aliphatic rings. The topological polar surface area (TPSA) is 34.9 Å². The summed E-state index contributed by atoms with van der Waals surface area (Å²) in [7, 11) is 1.88. The maximum atomic E-state index is 13.5. The van der Waals surface area contributed by atoms with Gasteiger partial charge in [0.05, 0.1) is 21.9 Å². The van der Waals surface area contributed by atoms with Gasteiger partial charge in [0, 0.05) is 12.6 Å². The van der Waals surface area contributed by atoms with E-state index in [0.29, 0.717) is 15.9 Å². The number of nitrogens with zero attached hydrogens (tertiary/aromatic N) is 2. The number of imidazole rings is 1. The van der Waals surface area contributed by atoms with Gasteiger partial charge in [-0.25, -0.2) is 9.37 Å². The lowest BCUT2D eigenvalue weighted by molar-refractivity contribution is 0.0989. The third kappa shape index (κ3) is 2.61. The Kier molecular flexibility index (Phi) is 3.59. The zero-order valence-electron chi connectivity index (χ0n) is 11.3. The summed E-state index contributed by atoms with van der Waals surface area (Å²) in [6, 6.07) is 12.1. The van der Waals surface area contributed by atoms with Crippen LogP contribution in [-0.2, 0) is 13.5 Å². The first-order chi connectivity index (χ1) is 10.1. The van der Waals surface area contributed by atoms with E-state index in [1.807, 2.05) is 35.9 Å². The van der Waals surface area contributed by atoms with Gasteiger partial charge in [-0.3, -0.25) is 4.79 Å². The summed E-state index contributed by atoms with van der Waals surface area (Å²) in [5.41, 5.74) is 2.18. The van der Waals surface area contributed by atoms with Crippen molar-refractivity contribution in [1.82, 2.24) is 9.55 Å². The van der Waals surface area contributed by atoms with Crippen LogP contribution in [0.3, 0.4) is 0 Å². The number of carbonyl (C=O) groups is 1. The van der Waals surface area contributed by atoms with Crippen molar-refractivity contribution in [3.8, 4) is 0 Å². The van der Waals surface area contributed by atoms with Gasteiger partial charge in [0.15, 0.2) is 5.78 Å². The molecule has 0 amide bonds. The van der Waals surface area contributed by atoms with Crippen molar-refractivity contribution in [2.24, 2.45) is 7.05 Å². The van der Waals surface area contributed by atoms with Gasteiger partial charge >= 0.3 is 0 Å². The molecule has 106 valence electrons. The minimum Gasteiger partial charge on any atom is -0.331 e. The third-order valence-corrected chi connectivity index (χ3v) is 4.08. The molecular formula is C16H12BrFN2O. The largest absolute Gasteiger partial charge is 0.331 e. The normalized spacial score (nSPS) is 11.0. The van der Waals surface area contributed by atoms with Crippen LogP contribution in [0.25, 0.3) is 11.0 Å². The molecule has 3 aromatic rings. The maximum absolute atomic E-state index is 13.5. The summed E-state index contributed by atoms with van der Waals surface area (Å²) < 4.78 is 15.7. The Morgan fingerprint density at radius 1 is 1.29 bits per heavy atom. The lowest BCUT2D eigenvalue weighted by atomic mass is 10.1. The Hall–Kier alpha value is -2.01. The average Bonchev–Trinajstić information content (AvgIpc) is 2.79. The van der Waals surface area contributed by atoms with Gasteiger partial charge in [-0.15, -0.1) is 0 Å². The van der Waals surface area contributed by atoms with Crippen LogP contribution in [0.5, 0.6) is 0 Å². The van der Waals surface area contributed by atoms with Crippen LogP contribution in [0.4, 0.5) is 4.39 Å². The van der Waals surface area contributed by atoms with E-state index in [0.717, 1.165) is 11.0 Å². The Balaban J connectivity index is 1.92. The predicted molar refractivity (Wildman–Crippen MR) is 82.8 cm³/mol. The zero-order valence-corrected chi connectivity index (χ0v) is 12.9. The van der Waals surface area contributed by atoms with Crippen LogP contribution >= 0.6 is 15.9 Å². The number of aryl methyl sites for hydroxylation is 1. The van der Waals surface area contributed by atoms with Gasteiger partial charge in [0.2, 0.25) is 0 Å². The van der Waals surface area contributed by atoms with E-state index in [1.165, 1.54) is 12.1 Å². The van der Waals surface area contributed by atoms with Gasteiger partial charge in [-0.05, 0) is 40.2 Å². The number of carbonyl (C=O) groups excluding carboxylic acids is 1. The maximum Gasteiger partial charge on any atom is 0.170 e. The van der Waals surface area contributed by atoms with Crippen LogP contribution in [0, 0.1) is 5.82 Å². The standard InChI is InChI=1S/C16H12BrFN2O/c1-20-14-5-3-2-4-13(14)19-16(20)9-15(21)10-6-7-11(17)12(18)8-10/h2-8H,9H2,1H3. The summed E-state index contributed by atoms with van der Waals surface area (Å²) >= 11 is 3.08. The van der Waals surface area contributed by atoms with Gasteiger partial charge < -0.3 is 4.57 Å². The summed E-state index contributed by atoms with van der Waals surface area (Å²) in [4.78, 5) is 16.7. The van der Waals surface area contributed by atoms with E-state index in [-0.39, 0.29) is 12.2 Å². The highest BCUT2D eigenvalue weighted by Crippen LogP contribution is 2.19. The molecule has 0 atom stereocenters. The van der Waals surface area contributed by atoms with Crippen LogP contribution in [0.15, 0.2) is 46.9 Å². The second-order valence-electron chi connectivity index (χ2n) is 4.80. The van der Waals surface area contributed by atoms with Crippen LogP contribution < -0.4 is 0 Å². The molecule has 0 fully saturated rings. The Labute approximate surface area is 129 Å². The molecule has 0 radical (unpaired) electrons. The van der Waals surface area contributed by atoms with Crippen LogP contribution in [-0.4, -0.2) is 15.3 Å². The highest BCUT2D eigenvalue weighted by molar-refractivity contribution is 9.10. The first-order valence-corrected chi connectivity index (χ1v) is 7.24. The Morgan fingerprint density at radius 3 is 2.76 bits per heavy atom. The van der Waals surface area contributed by atoms with Crippen LogP contribution in [0.1, 0.15) is 16.2 Å². The number of Topliss-reactive ketones (excluding diaryl/α,β-unsaturated/α-hetero) is 1. The molecule has 5 heteroatoms. The number of hydrogen-bond acceptors (Lipinski definition) is 2. The minimum absolute atomic E-state index is 0.145. The van der Waals surface area contributed by atoms with E-state index in [4.69, 9.17) is 0 Å². The molecule has 2 aromatic carbocycles.